The quantitative estimate of drug-likeness (QED) is 0.588. The van der Waals surface area contributed by atoms with Gasteiger partial charge in [-0.2, -0.15) is 0 Å². The maximum Gasteiger partial charge on any atom is 0.325 e. The van der Waals surface area contributed by atoms with E-state index in [1.807, 2.05) is 0 Å². The number of carbonyl (C=O) groups is 3. The van der Waals surface area contributed by atoms with E-state index in [0.717, 1.165) is 18.2 Å². The van der Waals surface area contributed by atoms with Crippen LogP contribution in [0.4, 0.5) is 13.6 Å². The van der Waals surface area contributed by atoms with Gasteiger partial charge in [0, 0.05) is 5.56 Å². The molecule has 1 fully saturated rings. The molecule has 1 heterocycles. The fourth-order valence-electron chi connectivity index (χ4n) is 3.02. The maximum atomic E-state index is 14.1. The van der Waals surface area contributed by atoms with Gasteiger partial charge in [0.1, 0.15) is 29.3 Å². The summed E-state index contributed by atoms with van der Waals surface area (Å²) in [6, 6.07) is 1.74. The van der Waals surface area contributed by atoms with Crippen LogP contribution in [0.1, 0.15) is 39.2 Å². The van der Waals surface area contributed by atoms with Crippen LogP contribution in [-0.2, 0) is 15.1 Å². The van der Waals surface area contributed by atoms with Crippen molar-refractivity contribution in [3.05, 3.63) is 35.4 Å². The lowest BCUT2D eigenvalue weighted by Gasteiger charge is -2.28. The smallest absolute Gasteiger partial charge is 0.325 e. The number of terminal acetylenes is 1. The summed E-state index contributed by atoms with van der Waals surface area (Å²) < 4.78 is 27.6. The average molecular weight is 377 g/mol. The molecule has 1 aromatic carbocycles. The Morgan fingerprint density at radius 3 is 2.52 bits per heavy atom. The summed E-state index contributed by atoms with van der Waals surface area (Å²) in [5.41, 5.74) is -3.01. The van der Waals surface area contributed by atoms with Crippen molar-refractivity contribution in [2.45, 2.75) is 44.7 Å². The monoisotopic (exact) mass is 377 g/mol. The number of nitrogens with one attached hydrogen (secondary N) is 2. The van der Waals surface area contributed by atoms with Gasteiger partial charge in [0.25, 0.3) is 5.91 Å². The van der Waals surface area contributed by atoms with Gasteiger partial charge in [-0.25, -0.2) is 13.6 Å². The molecule has 27 heavy (non-hydrogen) atoms. The first-order valence-corrected chi connectivity index (χ1v) is 8.51. The number of hydrogen-bond donors (Lipinski definition) is 2. The summed E-state index contributed by atoms with van der Waals surface area (Å²) in [7, 11) is 0. The standard InChI is InChI=1S/C19H21F2N3O3/c1-5-19(6-2,7-3)22-15(25)11-24-16(26)18(4,23-17(24)27)13-10-12(20)8-9-14(13)21/h1,8-10H,6-7,11H2,2-4H3,(H,22,25)(H,23,27). The molecule has 1 aliphatic rings. The second kappa shape index (κ2) is 7.35. The highest BCUT2D eigenvalue weighted by Crippen LogP contribution is 2.31. The zero-order valence-electron chi connectivity index (χ0n) is 15.4. The molecule has 0 radical (unpaired) electrons. The first-order valence-electron chi connectivity index (χ1n) is 8.51. The number of halogens is 2. The first-order chi connectivity index (χ1) is 12.6. The lowest BCUT2D eigenvalue weighted by Crippen LogP contribution is -2.51. The largest absolute Gasteiger partial charge is 0.338 e. The minimum Gasteiger partial charge on any atom is -0.338 e. The fourth-order valence-corrected chi connectivity index (χ4v) is 3.02. The van der Waals surface area contributed by atoms with E-state index in [-0.39, 0.29) is 5.56 Å². The molecule has 1 aliphatic heterocycles. The Hall–Kier alpha value is -2.95. The molecule has 6 nitrogen and oxygen atoms in total. The van der Waals surface area contributed by atoms with Crippen LogP contribution in [0.2, 0.25) is 0 Å². The van der Waals surface area contributed by atoms with Crippen molar-refractivity contribution in [3.63, 3.8) is 0 Å². The predicted molar refractivity (Wildman–Crippen MR) is 94.2 cm³/mol. The number of urea groups is 1. The van der Waals surface area contributed by atoms with E-state index in [1.165, 1.54) is 6.92 Å². The van der Waals surface area contributed by atoms with Gasteiger partial charge in [0.2, 0.25) is 5.91 Å². The Labute approximate surface area is 156 Å². The second-order valence-electron chi connectivity index (χ2n) is 6.55. The molecule has 4 amide bonds. The lowest BCUT2D eigenvalue weighted by molar-refractivity contribution is -0.135. The van der Waals surface area contributed by atoms with Crippen LogP contribution in [0.15, 0.2) is 18.2 Å². The van der Waals surface area contributed by atoms with Crippen LogP contribution >= 0.6 is 0 Å². The average Bonchev–Trinajstić information content (AvgIpc) is 2.85. The normalized spacial score (nSPS) is 19.6. The molecule has 1 saturated heterocycles. The van der Waals surface area contributed by atoms with E-state index < -0.39 is 47.1 Å². The van der Waals surface area contributed by atoms with E-state index in [9.17, 15) is 23.2 Å². The maximum absolute atomic E-state index is 14.1. The van der Waals surface area contributed by atoms with Gasteiger partial charge >= 0.3 is 6.03 Å². The molecular weight excluding hydrogens is 356 g/mol. The third kappa shape index (κ3) is 3.63. The van der Waals surface area contributed by atoms with Crippen molar-refractivity contribution < 1.29 is 23.2 Å². The lowest BCUT2D eigenvalue weighted by atomic mass is 9.91. The Morgan fingerprint density at radius 2 is 1.96 bits per heavy atom. The van der Waals surface area contributed by atoms with Crippen LogP contribution in [0, 0.1) is 24.0 Å². The summed E-state index contributed by atoms with van der Waals surface area (Å²) in [5.74, 6) is -0.554. The number of carbonyl (C=O) groups excluding carboxylic acids is 3. The Morgan fingerprint density at radius 1 is 1.33 bits per heavy atom. The number of nitrogens with zero attached hydrogens (tertiary/aromatic N) is 1. The van der Waals surface area contributed by atoms with Crippen molar-refractivity contribution in [3.8, 4) is 12.3 Å². The third-order valence-corrected chi connectivity index (χ3v) is 4.91. The SMILES string of the molecule is C#CC(CC)(CC)NC(=O)CN1C(=O)NC(C)(c2cc(F)ccc2F)C1=O. The number of hydrogen-bond acceptors (Lipinski definition) is 3. The summed E-state index contributed by atoms with van der Waals surface area (Å²) in [4.78, 5) is 38.0. The second-order valence-corrected chi connectivity index (χ2v) is 6.55. The minimum absolute atomic E-state index is 0.316. The highest BCUT2D eigenvalue weighted by Gasteiger charge is 2.51. The third-order valence-electron chi connectivity index (χ3n) is 4.91. The van der Waals surface area contributed by atoms with Crippen molar-refractivity contribution >= 4 is 17.8 Å². The Bertz CT molecular complexity index is 830. The van der Waals surface area contributed by atoms with E-state index in [2.05, 4.69) is 16.6 Å². The highest BCUT2D eigenvalue weighted by atomic mass is 19.1. The van der Waals surface area contributed by atoms with E-state index in [0.29, 0.717) is 17.7 Å². The van der Waals surface area contributed by atoms with Crippen molar-refractivity contribution in [1.82, 2.24) is 15.5 Å². The number of imide groups is 1. The molecule has 8 heteroatoms. The van der Waals surface area contributed by atoms with Crippen molar-refractivity contribution in [1.29, 1.82) is 0 Å². The summed E-state index contributed by atoms with van der Waals surface area (Å²) in [5, 5.41) is 4.99. The molecule has 144 valence electrons. The van der Waals surface area contributed by atoms with Gasteiger partial charge in [0.15, 0.2) is 0 Å². The van der Waals surface area contributed by atoms with Crippen molar-refractivity contribution in [2.24, 2.45) is 0 Å². The van der Waals surface area contributed by atoms with Gasteiger partial charge in [0.05, 0.1) is 0 Å². The van der Waals surface area contributed by atoms with Crippen LogP contribution < -0.4 is 10.6 Å². The Kier molecular flexibility index (Phi) is 5.54. The zero-order valence-corrected chi connectivity index (χ0v) is 15.4. The molecule has 1 atom stereocenters. The molecule has 2 N–H and O–H groups in total. The van der Waals surface area contributed by atoms with Crippen LogP contribution in [0.5, 0.6) is 0 Å². The van der Waals surface area contributed by atoms with E-state index >= 15 is 0 Å². The van der Waals surface area contributed by atoms with Gasteiger partial charge in [-0.1, -0.05) is 19.8 Å². The predicted octanol–water partition coefficient (Wildman–Crippen LogP) is 2.04. The molecule has 0 saturated carbocycles. The first kappa shape index (κ1) is 20.4. The molecular formula is C19H21F2N3O3. The topological polar surface area (TPSA) is 78.5 Å². The van der Waals surface area contributed by atoms with Gasteiger partial charge in [-0.15, -0.1) is 6.42 Å². The highest BCUT2D eigenvalue weighted by molar-refractivity contribution is 6.09. The summed E-state index contributed by atoms with van der Waals surface area (Å²) >= 11 is 0. The van der Waals surface area contributed by atoms with Crippen LogP contribution in [0.25, 0.3) is 0 Å². The zero-order chi connectivity index (χ0) is 20.4. The van der Waals surface area contributed by atoms with E-state index in [1.54, 1.807) is 13.8 Å². The van der Waals surface area contributed by atoms with Crippen molar-refractivity contribution in [2.75, 3.05) is 6.54 Å². The number of amides is 4. The molecule has 0 bridgehead atoms. The molecule has 0 spiro atoms. The van der Waals surface area contributed by atoms with Gasteiger partial charge < -0.3 is 10.6 Å². The van der Waals surface area contributed by atoms with Gasteiger partial charge in [-0.3, -0.25) is 14.5 Å². The van der Waals surface area contributed by atoms with E-state index in [4.69, 9.17) is 6.42 Å². The fraction of sp³-hybridized carbons (Fsp3) is 0.421. The molecule has 0 aliphatic carbocycles. The Balaban J connectivity index is 2.25. The molecule has 2 rings (SSSR count). The molecule has 0 aromatic heterocycles. The van der Waals surface area contributed by atoms with Crippen LogP contribution in [-0.4, -0.2) is 34.8 Å². The minimum atomic E-state index is -1.82. The summed E-state index contributed by atoms with van der Waals surface area (Å²) in [6.45, 7) is 4.29. The molecule has 1 unspecified atom stereocenters. The number of rotatable bonds is 6. The number of benzene rings is 1. The van der Waals surface area contributed by atoms with Crippen LogP contribution in [0.3, 0.4) is 0 Å². The molecule has 1 aromatic rings. The van der Waals surface area contributed by atoms with Gasteiger partial charge in [-0.05, 0) is 38.0 Å². The summed E-state index contributed by atoms with van der Waals surface area (Å²) in [6.07, 6.45) is 6.43.